The van der Waals surface area contributed by atoms with E-state index in [1.807, 2.05) is 31.2 Å². The highest BCUT2D eigenvalue weighted by Gasteiger charge is 2.62. The van der Waals surface area contributed by atoms with Gasteiger partial charge < -0.3 is 24.8 Å². The van der Waals surface area contributed by atoms with Crippen LogP contribution in [0, 0.1) is 18.3 Å². The third kappa shape index (κ3) is 6.70. The van der Waals surface area contributed by atoms with Gasteiger partial charge in [-0.3, -0.25) is 19.1 Å². The molecule has 13 heteroatoms. The first-order chi connectivity index (χ1) is 23.8. The third-order valence-corrected chi connectivity index (χ3v) is 13.5. The number of fused-ring (bicyclic) bond motifs is 3. The zero-order valence-electron chi connectivity index (χ0n) is 29.1. The minimum Gasteiger partial charge on any atom is -0.496 e. The van der Waals surface area contributed by atoms with E-state index in [1.165, 1.54) is 4.90 Å². The van der Waals surface area contributed by atoms with Crippen molar-refractivity contribution in [2.75, 3.05) is 13.7 Å². The standard InChI is InChI=1S/C37H48N4O8S/c1-22-30(47-3)14-13-26-31(18-32(39-33(22)26)49-24-11-12-24)48-25-17-28-29(42)20-37(35(44)40-50(45,46)36(2)15-16-36)19-23(37)9-7-5-4-6-8-10-27(38)34(43)41(28)21-25/h7,9,13-14,18,23-25,27-28H,4-6,8,10-12,15-17,19-21,38H2,1-3H3,(H,40,44)/b9-7-/t23-,25-,27+,28+,37-/m1/s1. The molecule has 1 aromatic carbocycles. The molecule has 1 aromatic heterocycles. The Hall–Kier alpha value is -3.71. The van der Waals surface area contributed by atoms with Crippen LogP contribution in [-0.4, -0.2) is 78.6 Å². The van der Waals surface area contributed by atoms with Crippen molar-refractivity contribution in [1.29, 1.82) is 0 Å². The van der Waals surface area contributed by atoms with Crippen LogP contribution in [0.4, 0.5) is 0 Å². The number of aromatic nitrogens is 1. The van der Waals surface area contributed by atoms with Crippen LogP contribution in [0.1, 0.15) is 89.5 Å². The van der Waals surface area contributed by atoms with Crippen molar-refractivity contribution >= 4 is 38.5 Å². The lowest BCUT2D eigenvalue weighted by molar-refractivity contribution is -0.140. The van der Waals surface area contributed by atoms with Crippen LogP contribution in [0.5, 0.6) is 17.4 Å². The van der Waals surface area contributed by atoms with E-state index in [-0.39, 0.29) is 43.1 Å². The molecule has 1 saturated heterocycles. The molecule has 4 fully saturated rings. The zero-order valence-corrected chi connectivity index (χ0v) is 29.9. The molecule has 0 spiro atoms. The molecule has 0 unspecified atom stereocenters. The molecule has 12 nitrogen and oxygen atoms in total. The molecule has 270 valence electrons. The molecule has 0 radical (unpaired) electrons. The first-order valence-corrected chi connectivity index (χ1v) is 19.5. The number of nitrogens with two attached hydrogens (primary N) is 1. The maximum absolute atomic E-state index is 14.3. The quantitative estimate of drug-likeness (QED) is 0.379. The van der Waals surface area contributed by atoms with E-state index < -0.39 is 44.3 Å². The molecule has 5 aliphatic rings. The van der Waals surface area contributed by atoms with Crippen molar-refractivity contribution in [3.8, 4) is 17.4 Å². The number of methoxy groups -OCH3 is 1. The van der Waals surface area contributed by atoms with E-state index in [0.717, 1.165) is 49.5 Å². The molecule has 2 aromatic rings. The summed E-state index contributed by atoms with van der Waals surface area (Å²) in [4.78, 5) is 48.3. The van der Waals surface area contributed by atoms with Crippen LogP contribution in [0.15, 0.2) is 30.4 Å². The number of allylic oxidation sites excluding steroid dienone is 2. The number of sulfonamides is 1. The number of benzene rings is 1. The summed E-state index contributed by atoms with van der Waals surface area (Å²) in [6.07, 6.45) is 10.6. The van der Waals surface area contributed by atoms with Gasteiger partial charge in [-0.05, 0) is 83.3 Å². The van der Waals surface area contributed by atoms with Gasteiger partial charge in [0, 0.05) is 29.9 Å². The lowest BCUT2D eigenvalue weighted by Crippen LogP contribution is -2.50. The van der Waals surface area contributed by atoms with Crippen LogP contribution in [0.25, 0.3) is 10.9 Å². The summed E-state index contributed by atoms with van der Waals surface area (Å²) in [6, 6.07) is 3.83. The van der Waals surface area contributed by atoms with E-state index >= 15 is 0 Å². The summed E-state index contributed by atoms with van der Waals surface area (Å²) in [5.74, 6) is 0.102. The number of carbonyl (C=O) groups is 3. The highest BCUT2D eigenvalue weighted by Crippen LogP contribution is 2.57. The molecule has 2 aliphatic heterocycles. The molecule has 2 amide bonds. The van der Waals surface area contributed by atoms with Crippen molar-refractivity contribution < 1.29 is 37.0 Å². The highest BCUT2D eigenvalue weighted by molar-refractivity contribution is 7.91. The summed E-state index contributed by atoms with van der Waals surface area (Å²) < 4.78 is 45.8. The maximum atomic E-state index is 14.3. The van der Waals surface area contributed by atoms with Gasteiger partial charge in [-0.15, -0.1) is 0 Å². The minimum absolute atomic E-state index is 0.106. The number of nitrogens with one attached hydrogen (secondary N) is 1. The van der Waals surface area contributed by atoms with Gasteiger partial charge in [0.25, 0.3) is 0 Å². The average Bonchev–Trinajstić information content (AvgIpc) is 4.03. The predicted molar refractivity (Wildman–Crippen MR) is 186 cm³/mol. The first-order valence-electron chi connectivity index (χ1n) is 18.0. The normalized spacial score (nSPS) is 30.4. The lowest BCUT2D eigenvalue weighted by Gasteiger charge is -2.27. The van der Waals surface area contributed by atoms with Gasteiger partial charge in [0.15, 0.2) is 5.78 Å². The van der Waals surface area contributed by atoms with Crippen molar-refractivity contribution in [1.82, 2.24) is 14.6 Å². The maximum Gasteiger partial charge on any atom is 0.240 e. The smallest absolute Gasteiger partial charge is 0.240 e. The molecule has 3 heterocycles. The van der Waals surface area contributed by atoms with Gasteiger partial charge in [-0.25, -0.2) is 13.4 Å². The van der Waals surface area contributed by atoms with Crippen LogP contribution in [0.3, 0.4) is 0 Å². The molecule has 3 aliphatic carbocycles. The lowest BCUT2D eigenvalue weighted by atomic mass is 9.91. The van der Waals surface area contributed by atoms with Crippen molar-refractivity contribution in [2.45, 2.75) is 120 Å². The fourth-order valence-corrected chi connectivity index (χ4v) is 8.79. The SMILES string of the molecule is COc1ccc2c(O[C@@H]3C[C@H]4C(=O)C[C@]5(C(=O)NS(=O)(=O)C6(C)CC6)C[C@H]5/C=C\CCCCC[C@H](N)C(=O)N4C3)cc(OC3CC3)nc2c1C. The van der Waals surface area contributed by atoms with E-state index in [9.17, 15) is 22.8 Å². The second kappa shape index (κ2) is 13.1. The number of pyridine rings is 1. The number of amides is 2. The van der Waals surface area contributed by atoms with Crippen LogP contribution in [0.2, 0.25) is 0 Å². The molecule has 5 atom stereocenters. The largest absolute Gasteiger partial charge is 0.496 e. The Kier molecular flexibility index (Phi) is 9.11. The van der Waals surface area contributed by atoms with Gasteiger partial charge in [-0.2, -0.15) is 0 Å². The Labute approximate surface area is 293 Å². The number of hydrogen-bond acceptors (Lipinski definition) is 10. The molecular weight excluding hydrogens is 660 g/mol. The number of Topliss-reactive ketones (excluding diaryl/α,β-unsaturated/α-hetero) is 1. The van der Waals surface area contributed by atoms with Crippen LogP contribution in [-0.2, 0) is 24.4 Å². The number of ketones is 1. The number of hydrogen-bond donors (Lipinski definition) is 2. The van der Waals surface area contributed by atoms with E-state index in [4.69, 9.17) is 24.9 Å². The Bertz CT molecular complexity index is 1840. The number of ether oxygens (including phenoxy) is 3. The fraction of sp³-hybridized carbons (Fsp3) is 0.622. The van der Waals surface area contributed by atoms with Crippen molar-refractivity contribution in [3.63, 3.8) is 0 Å². The molecule has 3 saturated carbocycles. The van der Waals surface area contributed by atoms with Gasteiger partial charge >= 0.3 is 0 Å². The molecule has 50 heavy (non-hydrogen) atoms. The first kappa shape index (κ1) is 34.7. The topological polar surface area (TPSA) is 167 Å². The summed E-state index contributed by atoms with van der Waals surface area (Å²) in [5.41, 5.74) is 6.76. The number of nitrogens with zero attached hydrogens (tertiary/aromatic N) is 2. The molecule has 3 N–H and O–H groups in total. The Balaban J connectivity index is 1.18. The van der Waals surface area contributed by atoms with E-state index in [2.05, 4.69) is 4.72 Å². The number of carbonyl (C=O) groups excluding carboxylic acids is 3. The Morgan fingerprint density at radius 1 is 1.06 bits per heavy atom. The number of rotatable bonds is 8. The second-order valence-electron chi connectivity index (χ2n) is 15.2. The van der Waals surface area contributed by atoms with Gasteiger partial charge in [0.2, 0.25) is 27.7 Å². The third-order valence-electron chi connectivity index (χ3n) is 11.3. The number of aryl methyl sites for hydroxylation is 1. The van der Waals surface area contributed by atoms with Crippen molar-refractivity contribution in [2.24, 2.45) is 17.1 Å². The summed E-state index contributed by atoms with van der Waals surface area (Å²) in [5, 5.41) is 0.749. The average molecular weight is 709 g/mol. The molecule has 7 rings (SSSR count). The Morgan fingerprint density at radius 2 is 1.84 bits per heavy atom. The second-order valence-corrected chi connectivity index (χ2v) is 17.4. The van der Waals surface area contributed by atoms with Gasteiger partial charge in [-0.1, -0.05) is 25.0 Å². The summed E-state index contributed by atoms with van der Waals surface area (Å²) >= 11 is 0. The van der Waals surface area contributed by atoms with E-state index in [0.29, 0.717) is 48.6 Å². The van der Waals surface area contributed by atoms with E-state index in [1.54, 1.807) is 20.1 Å². The molecule has 0 bridgehead atoms. The monoisotopic (exact) mass is 708 g/mol. The van der Waals surface area contributed by atoms with Gasteiger partial charge in [0.1, 0.15) is 23.7 Å². The highest BCUT2D eigenvalue weighted by atomic mass is 32.2. The summed E-state index contributed by atoms with van der Waals surface area (Å²) in [7, 11) is -2.29. The van der Waals surface area contributed by atoms with Crippen molar-refractivity contribution in [3.05, 3.63) is 35.9 Å². The summed E-state index contributed by atoms with van der Waals surface area (Å²) in [6.45, 7) is 3.69. The van der Waals surface area contributed by atoms with Crippen LogP contribution < -0.4 is 24.7 Å². The minimum atomic E-state index is -3.90. The zero-order chi connectivity index (χ0) is 35.4. The van der Waals surface area contributed by atoms with Gasteiger partial charge in [0.05, 0.1) is 41.4 Å². The Morgan fingerprint density at radius 3 is 2.56 bits per heavy atom. The predicted octanol–water partition coefficient (Wildman–Crippen LogP) is 4.25. The fourth-order valence-electron chi connectivity index (χ4n) is 7.45. The molecular formula is C37H48N4O8S. The van der Waals surface area contributed by atoms with Crippen LogP contribution >= 0.6 is 0 Å².